The van der Waals surface area contributed by atoms with Crippen LogP contribution in [0, 0.1) is 12.7 Å². The molecule has 6 heteroatoms. The molecule has 1 N–H and O–H groups in total. The van der Waals surface area contributed by atoms with Gasteiger partial charge in [-0.2, -0.15) is 0 Å². The molecule has 1 aliphatic heterocycles. The minimum Gasteiger partial charge on any atom is -0.349 e. The average molecular weight is 404 g/mol. The van der Waals surface area contributed by atoms with E-state index in [2.05, 4.69) is 32.3 Å². The highest BCUT2D eigenvalue weighted by Crippen LogP contribution is 2.19. The van der Waals surface area contributed by atoms with Crippen LogP contribution in [-0.4, -0.2) is 39.9 Å². The summed E-state index contributed by atoms with van der Waals surface area (Å²) in [4.78, 5) is 23.6. The second-order valence-corrected chi connectivity index (χ2v) is 7.77. The SMILES string of the molecule is Cc1cc(CN2CCC(NC(=O)c3ccc(-c4cccc(F)c4)nc3)CC2)ccn1. The monoisotopic (exact) mass is 404 g/mol. The highest BCUT2D eigenvalue weighted by molar-refractivity contribution is 5.94. The minimum atomic E-state index is -0.304. The number of carbonyl (C=O) groups excluding carboxylic acids is 1. The minimum absolute atomic E-state index is 0.114. The van der Waals surface area contributed by atoms with Crippen molar-refractivity contribution in [1.82, 2.24) is 20.2 Å². The van der Waals surface area contributed by atoms with Crippen molar-refractivity contribution in [3.63, 3.8) is 0 Å². The zero-order valence-corrected chi connectivity index (χ0v) is 17.0. The number of aryl methyl sites for hydroxylation is 1. The first kappa shape index (κ1) is 20.2. The molecule has 0 unspecified atom stereocenters. The predicted molar refractivity (Wildman–Crippen MR) is 114 cm³/mol. The van der Waals surface area contributed by atoms with Crippen molar-refractivity contribution in [3.8, 4) is 11.3 Å². The molecular formula is C24H25FN4O. The largest absolute Gasteiger partial charge is 0.349 e. The number of hydrogen-bond acceptors (Lipinski definition) is 4. The Bertz CT molecular complexity index is 1010. The van der Waals surface area contributed by atoms with Gasteiger partial charge in [-0.15, -0.1) is 0 Å². The Labute approximate surface area is 176 Å². The molecule has 2 aromatic heterocycles. The molecule has 1 fully saturated rings. The third-order valence-electron chi connectivity index (χ3n) is 5.44. The van der Waals surface area contributed by atoms with E-state index in [1.807, 2.05) is 13.1 Å². The van der Waals surface area contributed by atoms with Crippen LogP contribution in [0.2, 0.25) is 0 Å². The number of aromatic nitrogens is 2. The van der Waals surface area contributed by atoms with Crippen molar-refractivity contribution in [2.45, 2.75) is 32.4 Å². The van der Waals surface area contributed by atoms with Crippen LogP contribution in [0.1, 0.15) is 34.5 Å². The number of halogens is 1. The molecular weight excluding hydrogens is 379 g/mol. The van der Waals surface area contributed by atoms with E-state index in [1.165, 1.54) is 17.7 Å². The third-order valence-corrected chi connectivity index (χ3v) is 5.44. The van der Waals surface area contributed by atoms with E-state index in [-0.39, 0.29) is 17.8 Å². The molecule has 1 amide bonds. The second-order valence-electron chi connectivity index (χ2n) is 7.77. The third kappa shape index (κ3) is 5.07. The molecule has 5 nitrogen and oxygen atoms in total. The van der Waals surface area contributed by atoms with Gasteiger partial charge in [-0.3, -0.25) is 19.7 Å². The van der Waals surface area contributed by atoms with Crippen LogP contribution in [0.4, 0.5) is 4.39 Å². The van der Waals surface area contributed by atoms with Crippen molar-refractivity contribution in [1.29, 1.82) is 0 Å². The van der Waals surface area contributed by atoms with Gasteiger partial charge in [0.1, 0.15) is 5.82 Å². The molecule has 0 bridgehead atoms. The zero-order chi connectivity index (χ0) is 20.9. The van der Waals surface area contributed by atoms with Gasteiger partial charge in [-0.05, 0) is 61.7 Å². The number of hydrogen-bond donors (Lipinski definition) is 1. The summed E-state index contributed by atoms with van der Waals surface area (Å²) >= 11 is 0. The summed E-state index contributed by atoms with van der Waals surface area (Å²) in [6.07, 6.45) is 5.25. The lowest BCUT2D eigenvalue weighted by Gasteiger charge is -2.32. The van der Waals surface area contributed by atoms with Gasteiger partial charge >= 0.3 is 0 Å². The molecule has 30 heavy (non-hydrogen) atoms. The highest BCUT2D eigenvalue weighted by atomic mass is 19.1. The number of rotatable bonds is 5. The highest BCUT2D eigenvalue weighted by Gasteiger charge is 2.21. The smallest absolute Gasteiger partial charge is 0.253 e. The molecule has 1 aliphatic rings. The molecule has 0 radical (unpaired) electrons. The first-order valence-electron chi connectivity index (χ1n) is 10.2. The van der Waals surface area contributed by atoms with E-state index < -0.39 is 0 Å². The van der Waals surface area contributed by atoms with Crippen LogP contribution >= 0.6 is 0 Å². The fourth-order valence-corrected chi connectivity index (χ4v) is 3.81. The summed E-state index contributed by atoms with van der Waals surface area (Å²) in [5.41, 5.74) is 4.16. The Morgan fingerprint density at radius 2 is 1.97 bits per heavy atom. The van der Waals surface area contributed by atoms with Gasteiger partial charge in [0.05, 0.1) is 11.3 Å². The van der Waals surface area contributed by atoms with Gasteiger partial charge in [-0.1, -0.05) is 12.1 Å². The molecule has 1 aromatic carbocycles. The predicted octanol–water partition coefficient (Wildman–Crippen LogP) is 3.99. The van der Waals surface area contributed by atoms with E-state index in [0.717, 1.165) is 38.2 Å². The molecule has 0 atom stereocenters. The van der Waals surface area contributed by atoms with Crippen LogP contribution in [0.15, 0.2) is 60.9 Å². The second kappa shape index (κ2) is 9.13. The van der Waals surface area contributed by atoms with Crippen molar-refractivity contribution in [3.05, 3.63) is 83.6 Å². The van der Waals surface area contributed by atoms with Crippen LogP contribution in [-0.2, 0) is 6.54 Å². The van der Waals surface area contributed by atoms with E-state index >= 15 is 0 Å². The number of nitrogens with zero attached hydrogens (tertiary/aromatic N) is 3. The Morgan fingerprint density at radius 3 is 2.67 bits per heavy atom. The number of nitrogens with one attached hydrogen (secondary N) is 1. The fourth-order valence-electron chi connectivity index (χ4n) is 3.81. The van der Waals surface area contributed by atoms with Crippen LogP contribution < -0.4 is 5.32 Å². The lowest BCUT2D eigenvalue weighted by molar-refractivity contribution is 0.0908. The average Bonchev–Trinajstić information content (AvgIpc) is 2.75. The number of carbonyl (C=O) groups is 1. The topological polar surface area (TPSA) is 58.1 Å². The van der Waals surface area contributed by atoms with Crippen LogP contribution in [0.5, 0.6) is 0 Å². The van der Waals surface area contributed by atoms with Gasteiger partial charge in [0.2, 0.25) is 0 Å². The van der Waals surface area contributed by atoms with Crippen LogP contribution in [0.3, 0.4) is 0 Å². The van der Waals surface area contributed by atoms with E-state index in [4.69, 9.17) is 0 Å². The lowest BCUT2D eigenvalue weighted by atomic mass is 10.0. The maximum atomic E-state index is 13.4. The number of pyridine rings is 2. The summed E-state index contributed by atoms with van der Waals surface area (Å²) in [6, 6.07) is 14.1. The summed E-state index contributed by atoms with van der Waals surface area (Å²) in [6.45, 7) is 4.81. The molecule has 1 saturated heterocycles. The van der Waals surface area contributed by atoms with Crippen molar-refractivity contribution in [2.75, 3.05) is 13.1 Å². The normalized spacial score (nSPS) is 15.1. The van der Waals surface area contributed by atoms with E-state index in [0.29, 0.717) is 16.8 Å². The summed E-state index contributed by atoms with van der Waals surface area (Å²) < 4.78 is 13.4. The summed E-state index contributed by atoms with van der Waals surface area (Å²) in [5, 5.41) is 3.12. The Hall–Kier alpha value is -3.12. The molecule has 3 heterocycles. The maximum Gasteiger partial charge on any atom is 0.253 e. The van der Waals surface area contributed by atoms with Crippen molar-refractivity contribution in [2.24, 2.45) is 0 Å². The van der Waals surface area contributed by atoms with Crippen molar-refractivity contribution >= 4 is 5.91 Å². The Kier molecular flexibility index (Phi) is 6.14. The number of piperidine rings is 1. The van der Waals surface area contributed by atoms with Crippen LogP contribution in [0.25, 0.3) is 11.3 Å². The van der Waals surface area contributed by atoms with E-state index in [9.17, 15) is 9.18 Å². The molecule has 154 valence electrons. The summed E-state index contributed by atoms with van der Waals surface area (Å²) in [7, 11) is 0. The van der Waals surface area contributed by atoms with Gasteiger partial charge in [-0.25, -0.2) is 4.39 Å². The maximum absolute atomic E-state index is 13.4. The first-order chi connectivity index (χ1) is 14.6. The molecule has 4 rings (SSSR count). The molecule has 0 aliphatic carbocycles. The molecule has 0 spiro atoms. The molecule has 0 saturated carbocycles. The Balaban J connectivity index is 1.29. The molecule has 3 aromatic rings. The quantitative estimate of drug-likeness (QED) is 0.699. The van der Waals surface area contributed by atoms with Gasteiger partial charge in [0.25, 0.3) is 5.91 Å². The Morgan fingerprint density at radius 1 is 1.13 bits per heavy atom. The fraction of sp³-hybridized carbons (Fsp3) is 0.292. The van der Waals surface area contributed by atoms with Gasteiger partial charge in [0, 0.05) is 49.3 Å². The van der Waals surface area contributed by atoms with E-state index in [1.54, 1.807) is 30.5 Å². The van der Waals surface area contributed by atoms with Crippen molar-refractivity contribution < 1.29 is 9.18 Å². The number of likely N-dealkylation sites (tertiary alicyclic amines) is 1. The zero-order valence-electron chi connectivity index (χ0n) is 17.0. The summed E-state index contributed by atoms with van der Waals surface area (Å²) in [5.74, 6) is -0.418. The van der Waals surface area contributed by atoms with Gasteiger partial charge in [0.15, 0.2) is 0 Å². The number of benzene rings is 1. The van der Waals surface area contributed by atoms with Gasteiger partial charge < -0.3 is 5.32 Å². The first-order valence-corrected chi connectivity index (χ1v) is 10.2. The standard InChI is InChI=1S/C24H25FN4O/c1-17-13-18(7-10-26-17)16-29-11-8-22(9-12-29)28-24(30)20-5-6-23(27-15-20)19-3-2-4-21(25)14-19/h2-7,10,13-15,22H,8-9,11-12,16H2,1H3,(H,28,30). The lowest BCUT2D eigenvalue weighted by Crippen LogP contribution is -2.44. The number of amides is 1.